The van der Waals surface area contributed by atoms with Gasteiger partial charge in [-0.1, -0.05) is 52.0 Å². The van der Waals surface area contributed by atoms with Crippen molar-refractivity contribution in [3.63, 3.8) is 0 Å². The summed E-state index contributed by atoms with van der Waals surface area (Å²) in [6.45, 7) is 9.97. The number of hydrogen-bond acceptors (Lipinski definition) is 1. The van der Waals surface area contributed by atoms with E-state index < -0.39 is 0 Å². The normalized spacial score (nSPS) is 7.87. The van der Waals surface area contributed by atoms with Gasteiger partial charge in [-0.2, -0.15) is 0 Å². The van der Waals surface area contributed by atoms with Gasteiger partial charge in [0.25, 0.3) is 0 Å². The SMILES string of the molecule is CC.CC.Cc1ccccc1CC(=O)Cl. The van der Waals surface area contributed by atoms with E-state index in [0.29, 0.717) is 6.42 Å². The highest BCUT2D eigenvalue weighted by Crippen LogP contribution is 2.08. The summed E-state index contributed by atoms with van der Waals surface area (Å²) in [4.78, 5) is 10.5. The van der Waals surface area contributed by atoms with E-state index in [-0.39, 0.29) is 5.24 Å². The molecular weight excluding hydrogens is 208 g/mol. The van der Waals surface area contributed by atoms with Gasteiger partial charge < -0.3 is 0 Å². The van der Waals surface area contributed by atoms with Crippen molar-refractivity contribution in [3.8, 4) is 0 Å². The summed E-state index contributed by atoms with van der Waals surface area (Å²) in [6, 6.07) is 7.73. The maximum Gasteiger partial charge on any atom is 0.226 e. The molecule has 0 aliphatic rings. The molecule has 1 aromatic carbocycles. The van der Waals surface area contributed by atoms with Gasteiger partial charge in [0.2, 0.25) is 5.24 Å². The molecule has 0 aromatic heterocycles. The van der Waals surface area contributed by atoms with Crippen LogP contribution in [0.5, 0.6) is 0 Å². The molecule has 0 saturated heterocycles. The zero-order valence-corrected chi connectivity index (χ0v) is 11.1. The van der Waals surface area contributed by atoms with Gasteiger partial charge in [-0.15, -0.1) is 0 Å². The molecule has 0 atom stereocenters. The molecule has 0 heterocycles. The lowest BCUT2D eigenvalue weighted by atomic mass is 10.1. The van der Waals surface area contributed by atoms with E-state index in [9.17, 15) is 4.79 Å². The van der Waals surface area contributed by atoms with Crippen molar-refractivity contribution >= 4 is 16.8 Å². The molecule has 0 spiro atoms. The Balaban J connectivity index is 0. The van der Waals surface area contributed by atoms with Gasteiger partial charge >= 0.3 is 0 Å². The first-order valence-corrected chi connectivity index (χ1v) is 5.81. The van der Waals surface area contributed by atoms with Crippen molar-refractivity contribution < 1.29 is 4.79 Å². The summed E-state index contributed by atoms with van der Waals surface area (Å²) in [6.07, 6.45) is 0.328. The Hall–Kier alpha value is -0.820. The van der Waals surface area contributed by atoms with Gasteiger partial charge in [-0.3, -0.25) is 4.79 Å². The number of aryl methyl sites for hydroxylation is 1. The van der Waals surface area contributed by atoms with Crippen LogP contribution in [0.2, 0.25) is 0 Å². The van der Waals surface area contributed by atoms with E-state index in [1.807, 2.05) is 58.9 Å². The highest BCUT2D eigenvalue weighted by Gasteiger charge is 2.00. The second kappa shape index (κ2) is 11.3. The van der Waals surface area contributed by atoms with Crippen LogP contribution in [0.4, 0.5) is 0 Å². The molecule has 0 aliphatic carbocycles. The molecule has 1 nitrogen and oxygen atoms in total. The summed E-state index contributed by atoms with van der Waals surface area (Å²) < 4.78 is 0. The molecule has 0 bridgehead atoms. The zero-order valence-electron chi connectivity index (χ0n) is 10.3. The maximum atomic E-state index is 10.5. The van der Waals surface area contributed by atoms with Crippen LogP contribution in [0.3, 0.4) is 0 Å². The van der Waals surface area contributed by atoms with Gasteiger partial charge in [0.05, 0.1) is 0 Å². The van der Waals surface area contributed by atoms with Crippen LogP contribution in [0, 0.1) is 6.92 Å². The van der Waals surface area contributed by atoms with Gasteiger partial charge in [0.1, 0.15) is 0 Å². The smallest absolute Gasteiger partial charge is 0.226 e. The first kappa shape index (κ1) is 16.6. The fourth-order valence-electron chi connectivity index (χ4n) is 0.958. The van der Waals surface area contributed by atoms with Crippen LogP contribution >= 0.6 is 11.6 Å². The zero-order chi connectivity index (χ0) is 12.3. The van der Waals surface area contributed by atoms with Crippen LogP contribution in [0.25, 0.3) is 0 Å². The Kier molecular flexibility index (Phi) is 12.5. The van der Waals surface area contributed by atoms with Crippen LogP contribution < -0.4 is 0 Å². The fraction of sp³-hybridized carbons (Fsp3) is 0.462. The lowest BCUT2D eigenvalue weighted by molar-refractivity contribution is -0.111. The van der Waals surface area contributed by atoms with E-state index in [1.165, 1.54) is 0 Å². The molecule has 0 fully saturated rings. The van der Waals surface area contributed by atoms with Crippen LogP contribution in [0.15, 0.2) is 24.3 Å². The van der Waals surface area contributed by atoms with E-state index >= 15 is 0 Å². The largest absolute Gasteiger partial charge is 0.281 e. The van der Waals surface area contributed by atoms with Crippen molar-refractivity contribution in [2.45, 2.75) is 41.0 Å². The minimum Gasteiger partial charge on any atom is -0.281 e. The van der Waals surface area contributed by atoms with E-state index in [2.05, 4.69) is 0 Å². The molecule has 0 aliphatic heterocycles. The molecule has 0 amide bonds. The van der Waals surface area contributed by atoms with Gasteiger partial charge in [0.15, 0.2) is 0 Å². The summed E-state index contributed by atoms with van der Waals surface area (Å²) in [7, 11) is 0. The summed E-state index contributed by atoms with van der Waals surface area (Å²) in [5, 5.41) is -0.306. The van der Waals surface area contributed by atoms with E-state index in [0.717, 1.165) is 11.1 Å². The Morgan fingerprint density at radius 2 is 1.60 bits per heavy atom. The average Bonchev–Trinajstić information content (AvgIpc) is 2.27. The Labute approximate surface area is 98.5 Å². The second-order valence-corrected chi connectivity index (χ2v) is 2.88. The van der Waals surface area contributed by atoms with Crippen LogP contribution in [-0.2, 0) is 11.2 Å². The number of rotatable bonds is 2. The Morgan fingerprint density at radius 1 is 1.13 bits per heavy atom. The number of halogens is 1. The number of benzene rings is 1. The minimum absolute atomic E-state index is 0.306. The molecule has 0 N–H and O–H groups in total. The van der Waals surface area contributed by atoms with Crippen molar-refractivity contribution in [1.29, 1.82) is 0 Å². The Bertz CT molecular complexity index is 269. The van der Waals surface area contributed by atoms with Crippen molar-refractivity contribution in [2.24, 2.45) is 0 Å². The monoisotopic (exact) mass is 228 g/mol. The fourth-order valence-corrected chi connectivity index (χ4v) is 1.10. The van der Waals surface area contributed by atoms with Crippen molar-refractivity contribution in [3.05, 3.63) is 35.4 Å². The molecule has 1 rings (SSSR count). The second-order valence-electron chi connectivity index (χ2n) is 2.46. The first-order valence-electron chi connectivity index (χ1n) is 5.43. The molecule has 0 saturated carbocycles. The van der Waals surface area contributed by atoms with E-state index in [1.54, 1.807) is 0 Å². The molecular formula is C13H21ClO. The molecule has 0 unspecified atom stereocenters. The minimum atomic E-state index is -0.306. The molecule has 2 heteroatoms. The van der Waals surface area contributed by atoms with Crippen molar-refractivity contribution in [2.75, 3.05) is 0 Å². The molecule has 0 radical (unpaired) electrons. The molecule has 86 valence electrons. The lowest BCUT2D eigenvalue weighted by Gasteiger charge is -1.99. The van der Waals surface area contributed by atoms with Gasteiger partial charge in [-0.05, 0) is 29.7 Å². The van der Waals surface area contributed by atoms with Crippen LogP contribution in [-0.4, -0.2) is 5.24 Å². The Morgan fingerprint density at radius 3 is 2.00 bits per heavy atom. The predicted octanol–water partition coefficient (Wildman–Crippen LogP) is 4.36. The van der Waals surface area contributed by atoms with Crippen molar-refractivity contribution in [1.82, 2.24) is 0 Å². The molecule has 1 aromatic rings. The maximum absolute atomic E-state index is 10.5. The number of carbonyl (C=O) groups is 1. The third-order valence-electron chi connectivity index (χ3n) is 1.59. The third-order valence-corrected chi connectivity index (χ3v) is 1.72. The number of carbonyl (C=O) groups excluding carboxylic acids is 1. The molecule has 15 heavy (non-hydrogen) atoms. The summed E-state index contributed by atoms with van der Waals surface area (Å²) in [5.74, 6) is 0. The summed E-state index contributed by atoms with van der Waals surface area (Å²) >= 11 is 5.25. The van der Waals surface area contributed by atoms with Crippen LogP contribution in [0.1, 0.15) is 38.8 Å². The van der Waals surface area contributed by atoms with Gasteiger partial charge in [0, 0.05) is 6.42 Å². The lowest BCUT2D eigenvalue weighted by Crippen LogP contribution is -1.95. The topological polar surface area (TPSA) is 17.1 Å². The first-order chi connectivity index (χ1) is 7.20. The van der Waals surface area contributed by atoms with Gasteiger partial charge in [-0.25, -0.2) is 0 Å². The standard InChI is InChI=1S/C9H9ClO.2C2H6/c1-7-4-2-3-5-8(7)6-9(10)11;2*1-2/h2-5H,6H2,1H3;2*1-2H3. The van der Waals surface area contributed by atoms with E-state index in [4.69, 9.17) is 11.6 Å². The quantitative estimate of drug-likeness (QED) is 0.688. The summed E-state index contributed by atoms with van der Waals surface area (Å²) in [5.41, 5.74) is 2.12. The third kappa shape index (κ3) is 8.19. The highest BCUT2D eigenvalue weighted by molar-refractivity contribution is 6.63. The average molecular weight is 229 g/mol. The predicted molar refractivity (Wildman–Crippen MR) is 68.4 cm³/mol. The number of hydrogen-bond donors (Lipinski definition) is 0. The highest BCUT2D eigenvalue weighted by atomic mass is 35.5.